The summed E-state index contributed by atoms with van der Waals surface area (Å²) in [6, 6.07) is 1.35. The minimum Gasteiger partial charge on any atom is -0.381 e. The minimum absolute atomic E-state index is 0.302. The lowest BCUT2D eigenvalue weighted by atomic mass is 9.64. The van der Waals surface area contributed by atoms with Crippen molar-refractivity contribution < 1.29 is 4.74 Å². The van der Waals surface area contributed by atoms with E-state index in [1.165, 1.54) is 25.0 Å². The van der Waals surface area contributed by atoms with Crippen LogP contribution in [0.15, 0.2) is 0 Å². The highest BCUT2D eigenvalue weighted by Gasteiger charge is 2.49. The summed E-state index contributed by atoms with van der Waals surface area (Å²) in [4.78, 5) is 0. The summed E-state index contributed by atoms with van der Waals surface area (Å²) in [7, 11) is 1.84. The molecule has 2 nitrogen and oxygen atoms in total. The third-order valence-electron chi connectivity index (χ3n) is 4.48. The molecular formula is C13H25NOS. The van der Waals surface area contributed by atoms with Crippen molar-refractivity contribution in [3.05, 3.63) is 0 Å². The normalized spacial score (nSPS) is 42.8. The predicted octanol–water partition coefficient (Wildman–Crippen LogP) is 2.67. The molecule has 0 aromatic heterocycles. The second-order valence-corrected chi connectivity index (χ2v) is 7.31. The Morgan fingerprint density at radius 3 is 2.69 bits per heavy atom. The molecule has 94 valence electrons. The summed E-state index contributed by atoms with van der Waals surface area (Å²) in [6.07, 6.45) is 4.33. The van der Waals surface area contributed by atoms with E-state index in [0.29, 0.717) is 23.6 Å². The van der Waals surface area contributed by atoms with Crippen molar-refractivity contribution in [2.45, 2.75) is 63.5 Å². The van der Waals surface area contributed by atoms with E-state index in [2.05, 4.69) is 37.8 Å². The van der Waals surface area contributed by atoms with Crippen molar-refractivity contribution >= 4 is 11.8 Å². The molecule has 0 radical (unpaired) electrons. The van der Waals surface area contributed by atoms with Gasteiger partial charge in [-0.15, -0.1) is 0 Å². The third-order valence-corrected chi connectivity index (χ3v) is 5.86. The van der Waals surface area contributed by atoms with Gasteiger partial charge in [0.1, 0.15) is 0 Å². The second-order valence-electron chi connectivity index (χ2n) is 5.83. The largest absolute Gasteiger partial charge is 0.381 e. The number of hydrogen-bond acceptors (Lipinski definition) is 3. The maximum atomic E-state index is 5.50. The van der Waals surface area contributed by atoms with Gasteiger partial charge in [0.2, 0.25) is 0 Å². The molecule has 0 bridgehead atoms. The van der Waals surface area contributed by atoms with Crippen LogP contribution in [-0.4, -0.2) is 36.3 Å². The molecule has 2 rings (SSSR count). The average molecular weight is 243 g/mol. The van der Waals surface area contributed by atoms with Crippen molar-refractivity contribution in [2.75, 3.05) is 12.9 Å². The molecule has 1 heterocycles. The quantitative estimate of drug-likeness (QED) is 0.823. The van der Waals surface area contributed by atoms with Crippen LogP contribution in [0, 0.1) is 5.41 Å². The van der Waals surface area contributed by atoms with Crippen LogP contribution in [0.4, 0.5) is 0 Å². The van der Waals surface area contributed by atoms with Crippen LogP contribution in [-0.2, 0) is 4.74 Å². The van der Waals surface area contributed by atoms with Gasteiger partial charge in [0.15, 0.2) is 0 Å². The van der Waals surface area contributed by atoms with Crippen LogP contribution >= 0.6 is 11.8 Å². The van der Waals surface area contributed by atoms with Crippen LogP contribution in [0.1, 0.15) is 40.0 Å². The monoisotopic (exact) mass is 243 g/mol. The summed E-state index contributed by atoms with van der Waals surface area (Å²) >= 11 is 2.12. The van der Waals surface area contributed by atoms with Crippen LogP contribution in [0.25, 0.3) is 0 Å². The number of hydrogen-bond donors (Lipinski definition) is 1. The molecule has 1 aliphatic carbocycles. The molecule has 1 aliphatic heterocycles. The van der Waals surface area contributed by atoms with Gasteiger partial charge < -0.3 is 10.1 Å². The molecule has 2 aliphatic rings. The lowest BCUT2D eigenvalue weighted by molar-refractivity contribution is -0.100. The lowest BCUT2D eigenvalue weighted by Crippen LogP contribution is -2.63. The Morgan fingerprint density at radius 2 is 2.12 bits per heavy atom. The maximum absolute atomic E-state index is 5.50. The van der Waals surface area contributed by atoms with Crippen molar-refractivity contribution in [3.63, 3.8) is 0 Å². The summed E-state index contributed by atoms with van der Waals surface area (Å²) < 4.78 is 5.50. The molecular weight excluding hydrogens is 218 g/mol. The van der Waals surface area contributed by atoms with Gasteiger partial charge in [0.05, 0.1) is 6.10 Å². The zero-order valence-corrected chi connectivity index (χ0v) is 11.8. The lowest BCUT2D eigenvalue weighted by Gasteiger charge is -2.53. The van der Waals surface area contributed by atoms with E-state index in [4.69, 9.17) is 4.74 Å². The number of ether oxygens (including phenoxy) is 1. The minimum atomic E-state index is 0.302. The van der Waals surface area contributed by atoms with E-state index < -0.39 is 0 Å². The van der Waals surface area contributed by atoms with Crippen molar-refractivity contribution in [1.82, 2.24) is 5.32 Å². The molecule has 16 heavy (non-hydrogen) atoms. The predicted molar refractivity (Wildman–Crippen MR) is 71.1 cm³/mol. The molecule has 3 heteroatoms. The Balaban J connectivity index is 1.86. The standard InChI is InChI=1S/C13H25NOS/c1-9-10(6-5-7-16-9)14-11-8-12(15-4)13(11,2)3/h9-12,14H,5-8H2,1-4H3. The van der Waals surface area contributed by atoms with Crippen LogP contribution in [0.3, 0.4) is 0 Å². The molecule has 4 unspecified atom stereocenters. The Morgan fingerprint density at radius 1 is 1.38 bits per heavy atom. The SMILES string of the molecule is COC1CC(NC2CCCSC2C)C1(C)C. The van der Waals surface area contributed by atoms with Gasteiger partial charge in [-0.2, -0.15) is 11.8 Å². The molecule has 0 aromatic carbocycles. The molecule has 1 saturated carbocycles. The van der Waals surface area contributed by atoms with Gasteiger partial charge in [-0.05, 0) is 25.0 Å². The van der Waals surface area contributed by atoms with Gasteiger partial charge >= 0.3 is 0 Å². The van der Waals surface area contributed by atoms with E-state index in [-0.39, 0.29) is 0 Å². The zero-order chi connectivity index (χ0) is 11.8. The first kappa shape index (κ1) is 12.7. The third kappa shape index (κ3) is 2.27. The number of methoxy groups -OCH3 is 1. The molecule has 0 amide bonds. The first-order chi connectivity index (χ1) is 7.55. The fraction of sp³-hybridized carbons (Fsp3) is 1.00. The zero-order valence-electron chi connectivity index (χ0n) is 11.0. The Bertz CT molecular complexity index is 244. The van der Waals surface area contributed by atoms with E-state index in [1.54, 1.807) is 0 Å². The molecule has 2 fully saturated rings. The molecule has 0 aromatic rings. The van der Waals surface area contributed by atoms with Gasteiger partial charge in [-0.3, -0.25) is 0 Å². The Hall–Kier alpha value is 0.270. The van der Waals surface area contributed by atoms with Crippen molar-refractivity contribution in [1.29, 1.82) is 0 Å². The number of nitrogens with one attached hydrogen (secondary N) is 1. The Labute approximate surface area is 104 Å². The summed E-state index contributed by atoms with van der Waals surface area (Å²) in [5.74, 6) is 1.34. The summed E-state index contributed by atoms with van der Waals surface area (Å²) in [5, 5.41) is 4.63. The van der Waals surface area contributed by atoms with Crippen LogP contribution in [0.5, 0.6) is 0 Å². The second kappa shape index (κ2) is 4.87. The first-order valence-corrected chi connectivity index (χ1v) is 7.51. The highest BCUT2D eigenvalue weighted by Crippen LogP contribution is 2.43. The van der Waals surface area contributed by atoms with Crippen LogP contribution < -0.4 is 5.32 Å². The highest BCUT2D eigenvalue weighted by atomic mass is 32.2. The van der Waals surface area contributed by atoms with Crippen molar-refractivity contribution in [3.8, 4) is 0 Å². The summed E-state index contributed by atoms with van der Waals surface area (Å²) in [6.45, 7) is 7.01. The van der Waals surface area contributed by atoms with Gasteiger partial charge in [-0.25, -0.2) is 0 Å². The summed E-state index contributed by atoms with van der Waals surface area (Å²) in [5.41, 5.74) is 0.302. The van der Waals surface area contributed by atoms with E-state index in [1.807, 2.05) is 7.11 Å². The van der Waals surface area contributed by atoms with Gasteiger partial charge in [0.25, 0.3) is 0 Å². The molecule has 0 spiro atoms. The van der Waals surface area contributed by atoms with Crippen LogP contribution in [0.2, 0.25) is 0 Å². The van der Waals surface area contributed by atoms with Gasteiger partial charge in [0, 0.05) is 29.9 Å². The average Bonchev–Trinajstić information content (AvgIpc) is 2.26. The van der Waals surface area contributed by atoms with E-state index in [0.717, 1.165) is 5.25 Å². The van der Waals surface area contributed by atoms with Gasteiger partial charge in [-0.1, -0.05) is 20.8 Å². The highest BCUT2D eigenvalue weighted by molar-refractivity contribution is 7.99. The van der Waals surface area contributed by atoms with E-state index >= 15 is 0 Å². The van der Waals surface area contributed by atoms with E-state index in [9.17, 15) is 0 Å². The number of thioether (sulfide) groups is 1. The fourth-order valence-electron chi connectivity index (χ4n) is 2.97. The number of rotatable bonds is 3. The first-order valence-electron chi connectivity index (χ1n) is 6.46. The molecule has 1 N–H and O–H groups in total. The fourth-order valence-corrected chi connectivity index (χ4v) is 4.12. The van der Waals surface area contributed by atoms with Crippen molar-refractivity contribution in [2.24, 2.45) is 5.41 Å². The maximum Gasteiger partial charge on any atom is 0.0652 e. The smallest absolute Gasteiger partial charge is 0.0652 e. The Kier molecular flexibility index (Phi) is 3.87. The molecule has 4 atom stereocenters. The molecule has 1 saturated heterocycles. The topological polar surface area (TPSA) is 21.3 Å².